The molecule has 8 aromatic carbocycles. The molecule has 8 aromatic rings. The fraction of sp³-hybridized carbons (Fsp3) is 0.0566. The maximum absolute atomic E-state index is 2.41. The number of hydrogen-bond acceptors (Lipinski definition) is 1. The van der Waals surface area contributed by atoms with E-state index in [0.717, 1.165) is 17.8 Å². The van der Waals surface area contributed by atoms with Crippen molar-refractivity contribution in [2.45, 2.75) is 18.8 Å². The first-order valence-corrected chi connectivity index (χ1v) is 18.8. The number of rotatable bonds is 8. The second kappa shape index (κ2) is 14.4. The summed E-state index contributed by atoms with van der Waals surface area (Å²) in [5.74, 6) is 0. The van der Waals surface area contributed by atoms with Crippen LogP contribution in [0.5, 0.6) is 0 Å². The van der Waals surface area contributed by atoms with Crippen molar-refractivity contribution in [2.75, 3.05) is 4.90 Å². The average molecular weight is 692 g/mol. The minimum Gasteiger partial charge on any atom is -0.311 e. The number of nitrogens with zero attached hydrogens (tertiary/aromatic N) is 1. The molecule has 0 aromatic heterocycles. The highest BCUT2D eigenvalue weighted by molar-refractivity contribution is 5.88. The summed E-state index contributed by atoms with van der Waals surface area (Å²) in [5.41, 5.74) is 14.4. The van der Waals surface area contributed by atoms with Gasteiger partial charge in [0.05, 0.1) is 0 Å². The lowest BCUT2D eigenvalue weighted by atomic mass is 9.76. The topological polar surface area (TPSA) is 3.24 Å². The molecular formula is C53H41N. The SMILES string of the molecule is CC1(c2cccc(-c3ccc4ccccc4c3)c2)C=CC(N(c2ccc(-c3ccccc3-c3ccccc3)cc2)c2cccc(-c3ccccc3)c2)=CC1. The van der Waals surface area contributed by atoms with E-state index in [1.807, 2.05) is 0 Å². The molecule has 0 bridgehead atoms. The zero-order valence-corrected chi connectivity index (χ0v) is 30.4. The van der Waals surface area contributed by atoms with Crippen molar-refractivity contribution in [1.82, 2.24) is 0 Å². The Morgan fingerprint density at radius 1 is 0.407 bits per heavy atom. The van der Waals surface area contributed by atoms with Crippen LogP contribution < -0.4 is 4.90 Å². The Labute approximate surface area is 318 Å². The van der Waals surface area contributed by atoms with Crippen LogP contribution in [0, 0.1) is 0 Å². The fourth-order valence-electron chi connectivity index (χ4n) is 7.82. The molecule has 1 heteroatoms. The zero-order chi connectivity index (χ0) is 36.3. The molecule has 1 aliphatic rings. The van der Waals surface area contributed by atoms with E-state index >= 15 is 0 Å². The van der Waals surface area contributed by atoms with Gasteiger partial charge in [0.1, 0.15) is 0 Å². The number of benzene rings is 8. The van der Waals surface area contributed by atoms with E-state index in [9.17, 15) is 0 Å². The van der Waals surface area contributed by atoms with Crippen molar-refractivity contribution in [1.29, 1.82) is 0 Å². The van der Waals surface area contributed by atoms with Crippen LogP contribution >= 0.6 is 0 Å². The van der Waals surface area contributed by atoms with Gasteiger partial charge >= 0.3 is 0 Å². The molecule has 0 spiro atoms. The second-order valence-corrected chi connectivity index (χ2v) is 14.4. The lowest BCUT2D eigenvalue weighted by Crippen LogP contribution is -2.24. The van der Waals surface area contributed by atoms with E-state index in [0.29, 0.717) is 0 Å². The molecular weight excluding hydrogens is 651 g/mol. The van der Waals surface area contributed by atoms with Gasteiger partial charge in [0, 0.05) is 22.5 Å². The molecule has 0 N–H and O–H groups in total. The summed E-state index contributed by atoms with van der Waals surface area (Å²) in [6.45, 7) is 2.36. The van der Waals surface area contributed by atoms with Crippen LogP contribution in [0.15, 0.2) is 224 Å². The highest BCUT2D eigenvalue weighted by Gasteiger charge is 2.27. The van der Waals surface area contributed by atoms with E-state index in [1.54, 1.807) is 0 Å². The number of anilines is 2. The van der Waals surface area contributed by atoms with Crippen molar-refractivity contribution in [3.8, 4) is 44.5 Å². The minimum atomic E-state index is -0.140. The van der Waals surface area contributed by atoms with Crippen molar-refractivity contribution in [3.05, 3.63) is 230 Å². The van der Waals surface area contributed by atoms with Crippen molar-refractivity contribution < 1.29 is 0 Å². The molecule has 258 valence electrons. The molecule has 9 rings (SSSR count). The molecule has 0 radical (unpaired) electrons. The molecule has 0 saturated heterocycles. The van der Waals surface area contributed by atoms with Crippen molar-refractivity contribution in [3.63, 3.8) is 0 Å². The molecule has 1 aliphatic carbocycles. The Balaban J connectivity index is 1.07. The summed E-state index contributed by atoms with van der Waals surface area (Å²) >= 11 is 0. The van der Waals surface area contributed by atoms with E-state index in [-0.39, 0.29) is 5.41 Å². The first-order chi connectivity index (χ1) is 26.6. The van der Waals surface area contributed by atoms with Crippen LogP contribution in [0.3, 0.4) is 0 Å². The first kappa shape index (κ1) is 33.2. The van der Waals surface area contributed by atoms with E-state index in [2.05, 4.69) is 230 Å². The zero-order valence-electron chi connectivity index (χ0n) is 30.4. The van der Waals surface area contributed by atoms with E-state index in [4.69, 9.17) is 0 Å². The van der Waals surface area contributed by atoms with Crippen LogP contribution in [0.25, 0.3) is 55.3 Å². The maximum atomic E-state index is 2.41. The Bertz CT molecular complexity index is 2630. The predicted molar refractivity (Wildman–Crippen MR) is 230 cm³/mol. The van der Waals surface area contributed by atoms with Gasteiger partial charge in [-0.1, -0.05) is 189 Å². The number of hydrogen-bond donors (Lipinski definition) is 0. The third-order valence-corrected chi connectivity index (χ3v) is 10.9. The summed E-state index contributed by atoms with van der Waals surface area (Å²) < 4.78 is 0. The molecule has 1 nitrogen and oxygen atoms in total. The average Bonchev–Trinajstić information content (AvgIpc) is 3.25. The standard InChI is InChI=1S/C53H41N/c1-53(47-22-12-20-44(37-47)46-27-26-40-16-8-9-19-43(40)36-46)34-32-49(33-35-53)54(50-23-13-21-45(38-50)39-14-4-2-5-15-39)48-30-28-42(29-31-48)52-25-11-10-24-51(52)41-17-6-3-7-18-41/h2-34,36-38H,35H2,1H3. The molecule has 0 saturated carbocycles. The molecule has 1 unspecified atom stereocenters. The first-order valence-electron chi connectivity index (χ1n) is 18.8. The monoisotopic (exact) mass is 691 g/mol. The normalized spacial score (nSPS) is 15.2. The summed E-state index contributed by atoms with van der Waals surface area (Å²) in [7, 11) is 0. The van der Waals surface area contributed by atoms with Crippen LogP contribution in [-0.4, -0.2) is 0 Å². The minimum absolute atomic E-state index is 0.140. The van der Waals surface area contributed by atoms with Crippen molar-refractivity contribution >= 4 is 22.1 Å². The summed E-state index contributed by atoms with van der Waals surface area (Å²) in [5, 5.41) is 2.53. The predicted octanol–water partition coefficient (Wildman–Crippen LogP) is 14.4. The summed E-state index contributed by atoms with van der Waals surface area (Å²) in [4.78, 5) is 2.40. The van der Waals surface area contributed by atoms with E-state index in [1.165, 1.54) is 66.5 Å². The molecule has 0 fully saturated rings. The molecule has 0 heterocycles. The van der Waals surface area contributed by atoms with Gasteiger partial charge in [0.15, 0.2) is 0 Å². The smallest absolute Gasteiger partial charge is 0.0467 e. The Hall–Kier alpha value is -6.70. The van der Waals surface area contributed by atoms with Gasteiger partial charge < -0.3 is 4.90 Å². The van der Waals surface area contributed by atoms with Gasteiger partial charge in [0.2, 0.25) is 0 Å². The quantitative estimate of drug-likeness (QED) is 0.153. The molecule has 1 atom stereocenters. The van der Waals surface area contributed by atoms with Crippen molar-refractivity contribution in [2.24, 2.45) is 0 Å². The van der Waals surface area contributed by atoms with Gasteiger partial charge in [-0.3, -0.25) is 0 Å². The van der Waals surface area contributed by atoms with Crippen LogP contribution in [0.4, 0.5) is 11.4 Å². The Morgan fingerprint density at radius 3 is 1.67 bits per heavy atom. The Morgan fingerprint density at radius 2 is 0.963 bits per heavy atom. The van der Waals surface area contributed by atoms with Gasteiger partial charge in [-0.25, -0.2) is 0 Å². The van der Waals surface area contributed by atoms with Crippen LogP contribution in [-0.2, 0) is 5.41 Å². The number of allylic oxidation sites excluding steroid dienone is 3. The van der Waals surface area contributed by atoms with Crippen LogP contribution in [0.1, 0.15) is 18.9 Å². The van der Waals surface area contributed by atoms with Gasteiger partial charge in [0.25, 0.3) is 0 Å². The van der Waals surface area contributed by atoms with Gasteiger partial charge in [-0.2, -0.15) is 0 Å². The second-order valence-electron chi connectivity index (χ2n) is 14.4. The number of fused-ring (bicyclic) bond motifs is 1. The van der Waals surface area contributed by atoms with Gasteiger partial charge in [-0.05, 0) is 104 Å². The fourth-order valence-corrected chi connectivity index (χ4v) is 7.82. The van der Waals surface area contributed by atoms with Crippen LogP contribution in [0.2, 0.25) is 0 Å². The molecule has 0 aliphatic heterocycles. The Kier molecular flexibility index (Phi) is 8.83. The summed E-state index contributed by atoms with van der Waals surface area (Å²) in [6.07, 6.45) is 8.02. The lowest BCUT2D eigenvalue weighted by molar-refractivity contribution is 0.595. The molecule has 54 heavy (non-hydrogen) atoms. The largest absolute Gasteiger partial charge is 0.311 e. The lowest BCUT2D eigenvalue weighted by Gasteiger charge is -2.34. The highest BCUT2D eigenvalue weighted by atomic mass is 15.1. The van der Waals surface area contributed by atoms with E-state index < -0.39 is 0 Å². The maximum Gasteiger partial charge on any atom is 0.0467 e. The van der Waals surface area contributed by atoms with Gasteiger partial charge in [-0.15, -0.1) is 0 Å². The molecule has 0 amide bonds. The highest BCUT2D eigenvalue weighted by Crippen LogP contribution is 2.41. The summed E-state index contributed by atoms with van der Waals surface area (Å²) in [6, 6.07) is 72.4. The third-order valence-electron chi connectivity index (χ3n) is 10.9. The third kappa shape index (κ3) is 6.57.